The van der Waals surface area contributed by atoms with Gasteiger partial charge in [0, 0.05) is 18.8 Å². The van der Waals surface area contributed by atoms with Crippen LogP contribution < -0.4 is 0 Å². The van der Waals surface area contributed by atoms with Crippen molar-refractivity contribution in [2.45, 2.75) is 13.3 Å². The van der Waals surface area contributed by atoms with Crippen LogP contribution in [0.5, 0.6) is 0 Å². The molecule has 1 aromatic rings. The third-order valence-corrected chi connectivity index (χ3v) is 1.74. The van der Waals surface area contributed by atoms with Gasteiger partial charge in [-0.1, -0.05) is 6.58 Å². The lowest BCUT2D eigenvalue weighted by Gasteiger charge is -2.04. The highest BCUT2D eigenvalue weighted by Gasteiger charge is 2.08. The summed E-state index contributed by atoms with van der Waals surface area (Å²) in [6, 6.07) is 3.61. The predicted octanol–water partition coefficient (Wildman–Crippen LogP) is 1.74. The number of ketones is 1. The summed E-state index contributed by atoms with van der Waals surface area (Å²) in [4.78, 5) is 15.3. The maximum Gasteiger partial charge on any atom is 0.201 e. The number of Topliss-reactive ketones (excluding diaryl/α,β-unsaturated/α-hetero) is 1. The SMILES string of the molecule is C=C(OCC)C(=O)Cc1ccncc1. The van der Waals surface area contributed by atoms with Crippen molar-refractivity contribution in [3.63, 3.8) is 0 Å². The standard InChI is InChI=1S/C11H13NO2/c1-3-14-9(2)11(13)8-10-4-6-12-7-5-10/h4-7H,2-3,8H2,1H3. The second-order valence-corrected chi connectivity index (χ2v) is 2.81. The van der Waals surface area contributed by atoms with Crippen molar-refractivity contribution in [3.05, 3.63) is 42.4 Å². The Morgan fingerprint density at radius 2 is 2.14 bits per heavy atom. The summed E-state index contributed by atoms with van der Waals surface area (Å²) >= 11 is 0. The Morgan fingerprint density at radius 1 is 1.50 bits per heavy atom. The Labute approximate surface area is 83.4 Å². The molecule has 0 bridgehead atoms. The number of nitrogens with zero attached hydrogens (tertiary/aromatic N) is 1. The molecule has 0 radical (unpaired) electrons. The number of hydrogen-bond acceptors (Lipinski definition) is 3. The van der Waals surface area contributed by atoms with Crippen molar-refractivity contribution in [1.82, 2.24) is 4.98 Å². The molecule has 0 spiro atoms. The first-order valence-electron chi connectivity index (χ1n) is 4.48. The largest absolute Gasteiger partial charge is 0.491 e. The summed E-state index contributed by atoms with van der Waals surface area (Å²) in [7, 11) is 0. The molecule has 3 nitrogen and oxygen atoms in total. The maximum absolute atomic E-state index is 11.5. The van der Waals surface area contributed by atoms with Crippen molar-refractivity contribution in [3.8, 4) is 0 Å². The number of carbonyl (C=O) groups excluding carboxylic acids is 1. The molecule has 0 saturated heterocycles. The third-order valence-electron chi connectivity index (χ3n) is 1.74. The molecule has 3 heteroatoms. The Morgan fingerprint density at radius 3 is 2.71 bits per heavy atom. The molecule has 0 aromatic carbocycles. The fourth-order valence-electron chi connectivity index (χ4n) is 1.04. The molecule has 0 unspecified atom stereocenters. The van der Waals surface area contributed by atoms with Crippen molar-refractivity contribution in [2.24, 2.45) is 0 Å². The highest BCUT2D eigenvalue weighted by Crippen LogP contribution is 2.04. The molecule has 1 heterocycles. The molecule has 74 valence electrons. The summed E-state index contributed by atoms with van der Waals surface area (Å²) in [6.45, 7) is 5.85. The first-order valence-corrected chi connectivity index (χ1v) is 4.48. The van der Waals surface area contributed by atoms with Gasteiger partial charge < -0.3 is 4.74 Å². The van der Waals surface area contributed by atoms with Crippen LogP contribution in [0.3, 0.4) is 0 Å². The highest BCUT2D eigenvalue weighted by molar-refractivity contribution is 5.94. The van der Waals surface area contributed by atoms with E-state index in [1.807, 2.05) is 6.92 Å². The van der Waals surface area contributed by atoms with Gasteiger partial charge in [0.1, 0.15) is 0 Å². The summed E-state index contributed by atoms with van der Waals surface area (Å²) in [5.41, 5.74) is 0.922. The maximum atomic E-state index is 11.5. The van der Waals surface area contributed by atoms with E-state index in [0.29, 0.717) is 13.0 Å². The van der Waals surface area contributed by atoms with Gasteiger partial charge in [0.25, 0.3) is 0 Å². The first kappa shape index (κ1) is 10.4. The monoisotopic (exact) mass is 191 g/mol. The predicted molar refractivity (Wildman–Crippen MR) is 53.7 cm³/mol. The number of ether oxygens (including phenoxy) is 1. The number of aromatic nitrogens is 1. The zero-order valence-corrected chi connectivity index (χ0v) is 8.19. The van der Waals surface area contributed by atoms with E-state index < -0.39 is 0 Å². The van der Waals surface area contributed by atoms with E-state index >= 15 is 0 Å². The van der Waals surface area contributed by atoms with E-state index in [1.54, 1.807) is 24.5 Å². The average Bonchev–Trinajstić information content (AvgIpc) is 2.19. The van der Waals surface area contributed by atoms with E-state index in [2.05, 4.69) is 11.6 Å². The van der Waals surface area contributed by atoms with Crippen LogP contribution in [0.1, 0.15) is 12.5 Å². The van der Waals surface area contributed by atoms with Crippen LogP contribution in [0, 0.1) is 0 Å². The van der Waals surface area contributed by atoms with Gasteiger partial charge in [0.05, 0.1) is 6.61 Å². The molecule has 0 aliphatic carbocycles. The Kier molecular flexibility index (Phi) is 3.85. The summed E-state index contributed by atoms with van der Waals surface area (Å²) in [5.74, 6) is 0.141. The van der Waals surface area contributed by atoms with Crippen LogP contribution in [0.15, 0.2) is 36.9 Å². The van der Waals surface area contributed by atoms with Crippen LogP contribution in [0.2, 0.25) is 0 Å². The topological polar surface area (TPSA) is 39.2 Å². The molecule has 1 aromatic heterocycles. The lowest BCUT2D eigenvalue weighted by atomic mass is 10.1. The molecule has 0 fully saturated rings. The van der Waals surface area contributed by atoms with Crippen LogP contribution >= 0.6 is 0 Å². The van der Waals surface area contributed by atoms with Crippen LogP contribution in [-0.2, 0) is 16.0 Å². The van der Waals surface area contributed by atoms with E-state index in [1.165, 1.54) is 0 Å². The van der Waals surface area contributed by atoms with Crippen molar-refractivity contribution in [1.29, 1.82) is 0 Å². The minimum Gasteiger partial charge on any atom is -0.491 e. The molecule has 14 heavy (non-hydrogen) atoms. The van der Waals surface area contributed by atoms with Crippen LogP contribution in [0.25, 0.3) is 0 Å². The molecule has 0 atom stereocenters. The second kappa shape index (κ2) is 5.17. The van der Waals surface area contributed by atoms with Crippen molar-refractivity contribution < 1.29 is 9.53 Å². The number of rotatable bonds is 5. The molecule has 0 N–H and O–H groups in total. The minimum absolute atomic E-state index is 0.0851. The van der Waals surface area contributed by atoms with Crippen LogP contribution in [0.4, 0.5) is 0 Å². The molecule has 1 rings (SSSR count). The lowest BCUT2D eigenvalue weighted by Crippen LogP contribution is -2.08. The molecular formula is C11H13NO2. The fraction of sp³-hybridized carbons (Fsp3) is 0.273. The van der Waals surface area contributed by atoms with Crippen LogP contribution in [-0.4, -0.2) is 17.4 Å². The molecule has 0 aliphatic rings. The molecule has 0 amide bonds. The van der Waals surface area contributed by atoms with Gasteiger partial charge in [-0.2, -0.15) is 0 Å². The van der Waals surface area contributed by atoms with Gasteiger partial charge in [-0.05, 0) is 24.6 Å². The minimum atomic E-state index is -0.0851. The molecular weight excluding hydrogens is 178 g/mol. The van der Waals surface area contributed by atoms with Crippen molar-refractivity contribution in [2.75, 3.05) is 6.61 Å². The lowest BCUT2D eigenvalue weighted by molar-refractivity contribution is -0.118. The van der Waals surface area contributed by atoms with E-state index in [0.717, 1.165) is 5.56 Å². The summed E-state index contributed by atoms with van der Waals surface area (Å²) < 4.78 is 5.02. The van der Waals surface area contributed by atoms with Gasteiger partial charge >= 0.3 is 0 Å². The Bertz CT molecular complexity index is 319. The van der Waals surface area contributed by atoms with Gasteiger partial charge in [-0.15, -0.1) is 0 Å². The summed E-state index contributed by atoms with van der Waals surface area (Å²) in [5, 5.41) is 0. The van der Waals surface area contributed by atoms with Gasteiger partial charge in [0.2, 0.25) is 5.78 Å². The van der Waals surface area contributed by atoms with Gasteiger partial charge in [-0.25, -0.2) is 0 Å². The fourth-order valence-corrected chi connectivity index (χ4v) is 1.04. The quantitative estimate of drug-likeness (QED) is 0.525. The smallest absolute Gasteiger partial charge is 0.201 e. The van der Waals surface area contributed by atoms with E-state index in [-0.39, 0.29) is 11.5 Å². The Hall–Kier alpha value is -1.64. The normalized spacial score (nSPS) is 9.50. The van der Waals surface area contributed by atoms with Gasteiger partial charge in [0.15, 0.2) is 5.76 Å². The van der Waals surface area contributed by atoms with Crippen molar-refractivity contribution >= 4 is 5.78 Å². The molecule has 0 saturated carbocycles. The number of carbonyl (C=O) groups is 1. The number of hydrogen-bond donors (Lipinski definition) is 0. The summed E-state index contributed by atoms with van der Waals surface area (Å²) in [6.07, 6.45) is 3.64. The van der Waals surface area contributed by atoms with E-state index in [9.17, 15) is 4.79 Å². The first-order chi connectivity index (χ1) is 6.74. The molecule has 0 aliphatic heterocycles. The average molecular weight is 191 g/mol. The Balaban J connectivity index is 2.53. The zero-order chi connectivity index (χ0) is 10.4. The zero-order valence-electron chi connectivity index (χ0n) is 8.19. The third kappa shape index (κ3) is 3.01. The number of pyridine rings is 1. The van der Waals surface area contributed by atoms with E-state index in [4.69, 9.17) is 4.74 Å². The number of allylic oxidation sites excluding steroid dienone is 1. The highest BCUT2D eigenvalue weighted by atomic mass is 16.5. The van der Waals surface area contributed by atoms with Gasteiger partial charge in [-0.3, -0.25) is 9.78 Å². The second-order valence-electron chi connectivity index (χ2n) is 2.81.